The Morgan fingerprint density at radius 1 is 1.21 bits per heavy atom. The van der Waals surface area contributed by atoms with Gasteiger partial charge in [-0.1, -0.05) is 17.7 Å². The van der Waals surface area contributed by atoms with E-state index >= 15 is 0 Å². The standard InChI is InChI=1S/C27H31ClF3N7O5/c1-25(2,3)43-24(41)37-10-6-17(7-11-37)38-33-14-20(36-38)22(39)34-19(23(40)35-26(15-32)8-9-26)13-16-4-5-21(18(28)12-16)42-27(29,30)31/h4-5,12,14,17,19H,6-11,13H2,1-3H3,(H,34,39)(H,35,40)/t19-/m0/s1. The van der Waals surface area contributed by atoms with Gasteiger partial charge in [0.25, 0.3) is 5.91 Å². The zero-order valence-electron chi connectivity index (χ0n) is 23.7. The summed E-state index contributed by atoms with van der Waals surface area (Å²) in [7, 11) is 0. The molecule has 2 heterocycles. The summed E-state index contributed by atoms with van der Waals surface area (Å²) in [6, 6.07) is 4.15. The van der Waals surface area contributed by atoms with Gasteiger partial charge in [0.15, 0.2) is 5.69 Å². The van der Waals surface area contributed by atoms with E-state index in [1.165, 1.54) is 23.1 Å². The minimum Gasteiger partial charge on any atom is -0.444 e. The highest BCUT2D eigenvalue weighted by molar-refractivity contribution is 6.32. The van der Waals surface area contributed by atoms with Gasteiger partial charge < -0.3 is 25.0 Å². The number of aromatic nitrogens is 3. The molecular formula is C27H31ClF3N7O5. The molecule has 2 aliphatic rings. The molecule has 16 heteroatoms. The molecule has 1 aliphatic heterocycles. The Labute approximate surface area is 250 Å². The fraction of sp³-hybridized carbons (Fsp3) is 0.556. The van der Waals surface area contributed by atoms with Crippen LogP contribution in [0.2, 0.25) is 5.02 Å². The molecule has 0 spiro atoms. The highest BCUT2D eigenvalue weighted by Crippen LogP contribution is 2.35. The predicted octanol–water partition coefficient (Wildman–Crippen LogP) is 3.92. The van der Waals surface area contributed by atoms with Crippen molar-refractivity contribution >= 4 is 29.5 Å². The molecule has 43 heavy (non-hydrogen) atoms. The van der Waals surface area contributed by atoms with Gasteiger partial charge in [0.05, 0.1) is 23.3 Å². The van der Waals surface area contributed by atoms with Crippen molar-refractivity contribution in [2.75, 3.05) is 13.1 Å². The fourth-order valence-corrected chi connectivity index (χ4v) is 4.67. The number of rotatable bonds is 8. The Morgan fingerprint density at radius 2 is 1.88 bits per heavy atom. The monoisotopic (exact) mass is 625 g/mol. The smallest absolute Gasteiger partial charge is 0.444 e. The van der Waals surface area contributed by atoms with E-state index in [2.05, 4.69) is 25.6 Å². The summed E-state index contributed by atoms with van der Waals surface area (Å²) in [6.07, 6.45) is -2.28. The average molecular weight is 626 g/mol. The number of likely N-dealkylation sites (tertiary alicyclic amines) is 1. The van der Waals surface area contributed by atoms with Gasteiger partial charge in [-0.2, -0.15) is 15.2 Å². The third kappa shape index (κ3) is 8.73. The molecule has 0 radical (unpaired) electrons. The van der Waals surface area contributed by atoms with Crippen LogP contribution in [0.5, 0.6) is 5.75 Å². The quantitative estimate of drug-likeness (QED) is 0.448. The third-order valence-corrected chi connectivity index (χ3v) is 7.09. The first kappa shape index (κ1) is 31.9. The average Bonchev–Trinajstić information content (AvgIpc) is 3.50. The summed E-state index contributed by atoms with van der Waals surface area (Å²) in [6.45, 7) is 6.20. The predicted molar refractivity (Wildman–Crippen MR) is 145 cm³/mol. The minimum absolute atomic E-state index is 0.0688. The second-order valence-electron chi connectivity index (χ2n) is 11.5. The number of amides is 3. The molecule has 4 rings (SSSR count). The molecule has 2 aromatic rings. The van der Waals surface area contributed by atoms with Crippen molar-refractivity contribution in [2.45, 2.75) is 82.5 Å². The first-order valence-corrected chi connectivity index (χ1v) is 13.9. The van der Waals surface area contributed by atoms with Crippen molar-refractivity contribution in [3.05, 3.63) is 40.7 Å². The largest absolute Gasteiger partial charge is 0.573 e. The van der Waals surface area contributed by atoms with Gasteiger partial charge >= 0.3 is 12.5 Å². The number of carbonyl (C=O) groups excluding carboxylic acids is 3. The molecule has 1 saturated heterocycles. The van der Waals surface area contributed by atoms with Gasteiger partial charge in [0, 0.05) is 19.5 Å². The maximum atomic E-state index is 13.1. The van der Waals surface area contributed by atoms with Crippen LogP contribution < -0.4 is 15.4 Å². The molecule has 0 unspecified atom stereocenters. The Morgan fingerprint density at radius 3 is 2.44 bits per heavy atom. The summed E-state index contributed by atoms with van der Waals surface area (Å²) >= 11 is 5.96. The van der Waals surface area contributed by atoms with Crippen molar-refractivity contribution in [2.24, 2.45) is 0 Å². The molecule has 1 aromatic carbocycles. The molecule has 12 nitrogen and oxygen atoms in total. The molecular weight excluding hydrogens is 595 g/mol. The molecule has 2 fully saturated rings. The van der Waals surface area contributed by atoms with Crippen LogP contribution in [0, 0.1) is 11.3 Å². The van der Waals surface area contributed by atoms with E-state index < -0.39 is 47.2 Å². The second kappa shape index (κ2) is 12.3. The van der Waals surface area contributed by atoms with E-state index in [1.807, 2.05) is 6.07 Å². The van der Waals surface area contributed by atoms with Gasteiger partial charge in [0.1, 0.15) is 22.9 Å². The van der Waals surface area contributed by atoms with Gasteiger partial charge in [-0.25, -0.2) is 4.79 Å². The van der Waals surface area contributed by atoms with Crippen LogP contribution >= 0.6 is 11.6 Å². The number of hydrogen-bond donors (Lipinski definition) is 2. The fourth-order valence-electron chi connectivity index (χ4n) is 4.43. The number of carbonyl (C=O) groups is 3. The molecule has 1 atom stereocenters. The number of nitrogens with one attached hydrogen (secondary N) is 2. The number of piperidine rings is 1. The van der Waals surface area contributed by atoms with E-state index in [-0.39, 0.29) is 23.2 Å². The molecule has 3 amide bonds. The number of nitrogens with zero attached hydrogens (tertiary/aromatic N) is 5. The van der Waals surface area contributed by atoms with E-state index in [0.29, 0.717) is 44.3 Å². The van der Waals surface area contributed by atoms with Crippen LogP contribution in [0.1, 0.15) is 68.5 Å². The van der Waals surface area contributed by atoms with Crippen LogP contribution in [-0.4, -0.2) is 74.4 Å². The lowest BCUT2D eigenvalue weighted by Gasteiger charge is -2.32. The zero-order valence-corrected chi connectivity index (χ0v) is 24.5. The van der Waals surface area contributed by atoms with Crippen molar-refractivity contribution in [1.29, 1.82) is 5.26 Å². The Kier molecular flexibility index (Phi) is 9.10. The zero-order chi connectivity index (χ0) is 31.6. The summed E-state index contributed by atoms with van der Waals surface area (Å²) in [4.78, 5) is 41.6. The van der Waals surface area contributed by atoms with Crippen LogP contribution in [0.4, 0.5) is 18.0 Å². The Balaban J connectivity index is 1.43. The number of ether oxygens (including phenoxy) is 2. The highest BCUT2D eigenvalue weighted by Gasteiger charge is 2.46. The number of alkyl halides is 3. The molecule has 1 aromatic heterocycles. The van der Waals surface area contributed by atoms with E-state index in [0.717, 1.165) is 6.07 Å². The van der Waals surface area contributed by atoms with Crippen LogP contribution in [0.25, 0.3) is 0 Å². The molecule has 1 saturated carbocycles. The lowest BCUT2D eigenvalue weighted by atomic mass is 10.0. The van der Waals surface area contributed by atoms with E-state index in [9.17, 15) is 32.8 Å². The summed E-state index contributed by atoms with van der Waals surface area (Å²) < 4.78 is 47.2. The Bertz CT molecular complexity index is 1410. The maximum absolute atomic E-state index is 13.1. The first-order chi connectivity index (χ1) is 20.1. The van der Waals surface area contributed by atoms with Crippen molar-refractivity contribution in [1.82, 2.24) is 30.5 Å². The molecule has 1 aliphatic carbocycles. The molecule has 0 bridgehead atoms. The van der Waals surface area contributed by atoms with E-state index in [4.69, 9.17) is 16.3 Å². The molecule has 2 N–H and O–H groups in total. The number of halogens is 4. The number of benzene rings is 1. The number of hydrogen-bond acceptors (Lipinski definition) is 8. The van der Waals surface area contributed by atoms with Gasteiger partial charge in [-0.05, 0) is 64.2 Å². The SMILES string of the molecule is CC(C)(C)OC(=O)N1CCC(n2ncc(C(=O)N[C@@H](Cc3ccc(OC(F)(F)F)c(Cl)c3)C(=O)NC3(C#N)CC3)n2)CC1. The lowest BCUT2D eigenvalue weighted by Crippen LogP contribution is -2.51. The summed E-state index contributed by atoms with van der Waals surface area (Å²) in [5.74, 6) is -1.98. The van der Waals surface area contributed by atoms with Crippen molar-refractivity contribution in [3.63, 3.8) is 0 Å². The first-order valence-electron chi connectivity index (χ1n) is 13.5. The van der Waals surface area contributed by atoms with Crippen LogP contribution in [0.15, 0.2) is 24.4 Å². The van der Waals surface area contributed by atoms with E-state index in [1.54, 1.807) is 25.7 Å². The normalized spacial score (nSPS) is 17.4. The van der Waals surface area contributed by atoms with Gasteiger partial charge in [-0.15, -0.1) is 18.3 Å². The minimum atomic E-state index is -4.94. The van der Waals surface area contributed by atoms with Gasteiger partial charge in [0.2, 0.25) is 5.91 Å². The van der Waals surface area contributed by atoms with Gasteiger partial charge in [-0.3, -0.25) is 9.59 Å². The highest BCUT2D eigenvalue weighted by atomic mass is 35.5. The summed E-state index contributed by atoms with van der Waals surface area (Å²) in [5, 5.41) is 22.8. The lowest BCUT2D eigenvalue weighted by molar-refractivity contribution is -0.274. The second-order valence-corrected chi connectivity index (χ2v) is 11.9. The summed E-state index contributed by atoms with van der Waals surface area (Å²) in [5.41, 5.74) is -1.37. The van der Waals surface area contributed by atoms with Crippen LogP contribution in [0.3, 0.4) is 0 Å². The molecule has 232 valence electrons. The van der Waals surface area contributed by atoms with Crippen LogP contribution in [-0.2, 0) is 16.0 Å². The number of nitriles is 1. The third-order valence-electron chi connectivity index (χ3n) is 6.79. The maximum Gasteiger partial charge on any atom is 0.573 e. The van der Waals surface area contributed by atoms with Crippen molar-refractivity contribution in [3.8, 4) is 11.8 Å². The van der Waals surface area contributed by atoms with Crippen molar-refractivity contribution < 1.29 is 37.0 Å². The Hall–Kier alpha value is -4.06. The topological polar surface area (TPSA) is 151 Å².